The molecule has 7 heteroatoms. The quantitative estimate of drug-likeness (QED) is 0.698. The molecule has 1 aliphatic heterocycles. The van der Waals surface area contributed by atoms with E-state index in [-0.39, 0.29) is 17.8 Å². The topological polar surface area (TPSA) is 64.3 Å². The van der Waals surface area contributed by atoms with E-state index in [0.717, 1.165) is 35.7 Å². The van der Waals surface area contributed by atoms with Gasteiger partial charge in [0.25, 0.3) is 5.91 Å². The van der Waals surface area contributed by atoms with Gasteiger partial charge in [0.15, 0.2) is 5.82 Å². The fraction of sp³-hybridized carbons (Fsp3) is 0.273. The van der Waals surface area contributed by atoms with Crippen molar-refractivity contribution in [3.8, 4) is 11.3 Å². The van der Waals surface area contributed by atoms with Gasteiger partial charge in [0.1, 0.15) is 5.82 Å². The summed E-state index contributed by atoms with van der Waals surface area (Å²) in [5.41, 5.74) is 3.38. The third-order valence-electron chi connectivity index (χ3n) is 5.19. The zero-order valence-electron chi connectivity index (χ0n) is 16.5. The maximum Gasteiger partial charge on any atom is 0.251 e. The molecule has 1 aromatic heterocycles. The van der Waals surface area contributed by atoms with E-state index < -0.39 is 0 Å². The van der Waals surface area contributed by atoms with Crippen molar-refractivity contribution >= 4 is 17.4 Å². The SMILES string of the molecule is CN(C)c1cccc(C(=O)N[C@H]2CCN(c3cc(-c4ccc(F)cc4)[nH]n3)C2)c1. The van der Waals surface area contributed by atoms with Crippen LogP contribution in [0, 0.1) is 5.82 Å². The van der Waals surface area contributed by atoms with Gasteiger partial charge in [0.2, 0.25) is 0 Å². The van der Waals surface area contributed by atoms with E-state index in [9.17, 15) is 9.18 Å². The summed E-state index contributed by atoms with van der Waals surface area (Å²) >= 11 is 0. The maximum atomic E-state index is 13.1. The van der Waals surface area contributed by atoms with Crippen LogP contribution < -0.4 is 15.1 Å². The molecule has 1 amide bonds. The van der Waals surface area contributed by atoms with Crippen molar-refractivity contribution in [3.05, 3.63) is 66.0 Å². The molecule has 0 bridgehead atoms. The minimum Gasteiger partial charge on any atom is -0.378 e. The number of aromatic amines is 1. The van der Waals surface area contributed by atoms with E-state index in [0.29, 0.717) is 12.1 Å². The van der Waals surface area contributed by atoms with Crippen molar-refractivity contribution in [1.29, 1.82) is 0 Å². The number of H-pyrrole nitrogens is 1. The molecule has 3 aromatic rings. The Kier molecular flexibility index (Phi) is 5.20. The summed E-state index contributed by atoms with van der Waals surface area (Å²) < 4.78 is 13.1. The van der Waals surface area contributed by atoms with Crippen LogP contribution >= 0.6 is 0 Å². The Bertz CT molecular complexity index is 998. The molecule has 1 saturated heterocycles. The minimum atomic E-state index is -0.261. The molecule has 1 aliphatic rings. The van der Waals surface area contributed by atoms with E-state index >= 15 is 0 Å². The molecule has 1 fully saturated rings. The normalized spacial score (nSPS) is 16.1. The molecule has 2 N–H and O–H groups in total. The molecule has 1 atom stereocenters. The van der Waals surface area contributed by atoms with Gasteiger partial charge in [0.05, 0.1) is 5.69 Å². The number of halogens is 1. The molecule has 0 spiro atoms. The van der Waals surface area contributed by atoms with Crippen LogP contribution in [0.25, 0.3) is 11.3 Å². The molecule has 0 unspecified atom stereocenters. The molecule has 0 saturated carbocycles. The van der Waals surface area contributed by atoms with Gasteiger partial charge in [-0.05, 0) is 54.4 Å². The third-order valence-corrected chi connectivity index (χ3v) is 5.19. The van der Waals surface area contributed by atoms with Gasteiger partial charge in [-0.15, -0.1) is 0 Å². The van der Waals surface area contributed by atoms with Gasteiger partial charge in [0, 0.05) is 50.5 Å². The number of carbonyl (C=O) groups is 1. The molecule has 2 aromatic carbocycles. The number of amides is 1. The number of rotatable bonds is 5. The number of nitrogens with zero attached hydrogens (tertiary/aromatic N) is 3. The van der Waals surface area contributed by atoms with E-state index in [4.69, 9.17) is 0 Å². The first-order valence-electron chi connectivity index (χ1n) is 9.64. The molecule has 29 heavy (non-hydrogen) atoms. The first-order valence-corrected chi connectivity index (χ1v) is 9.64. The second kappa shape index (κ2) is 7.95. The van der Waals surface area contributed by atoms with Gasteiger partial charge in [-0.1, -0.05) is 6.07 Å². The number of aromatic nitrogens is 2. The Morgan fingerprint density at radius 1 is 1.21 bits per heavy atom. The van der Waals surface area contributed by atoms with E-state index in [1.165, 1.54) is 12.1 Å². The standard InChI is InChI=1S/C22H24FN5O/c1-27(2)19-5-3-4-16(12-19)22(29)24-18-10-11-28(14-18)21-13-20(25-26-21)15-6-8-17(23)9-7-15/h3-9,12-13,18H,10-11,14H2,1-2H3,(H,24,29)(H,25,26)/t18-/m0/s1. The Morgan fingerprint density at radius 3 is 2.76 bits per heavy atom. The van der Waals surface area contributed by atoms with Gasteiger partial charge in [-0.2, -0.15) is 5.10 Å². The third kappa shape index (κ3) is 4.23. The average Bonchev–Trinajstić information content (AvgIpc) is 3.38. The van der Waals surface area contributed by atoms with Crippen molar-refractivity contribution in [2.75, 3.05) is 37.0 Å². The zero-order valence-corrected chi connectivity index (χ0v) is 16.5. The fourth-order valence-electron chi connectivity index (χ4n) is 3.53. The monoisotopic (exact) mass is 393 g/mol. The average molecular weight is 393 g/mol. The highest BCUT2D eigenvalue weighted by Gasteiger charge is 2.26. The van der Waals surface area contributed by atoms with E-state index in [2.05, 4.69) is 20.4 Å². The van der Waals surface area contributed by atoms with E-state index in [1.54, 1.807) is 12.1 Å². The molecule has 0 radical (unpaired) electrons. The van der Waals surface area contributed by atoms with Crippen LogP contribution in [0.15, 0.2) is 54.6 Å². The summed E-state index contributed by atoms with van der Waals surface area (Å²) in [5.74, 6) is 0.507. The lowest BCUT2D eigenvalue weighted by atomic mass is 10.1. The van der Waals surface area contributed by atoms with Crippen molar-refractivity contribution in [1.82, 2.24) is 15.5 Å². The number of hydrogen-bond acceptors (Lipinski definition) is 4. The number of carbonyl (C=O) groups excluding carboxylic acids is 1. The number of benzene rings is 2. The molecule has 6 nitrogen and oxygen atoms in total. The highest BCUT2D eigenvalue weighted by Crippen LogP contribution is 2.25. The molecule has 2 heterocycles. The lowest BCUT2D eigenvalue weighted by Gasteiger charge is -2.17. The highest BCUT2D eigenvalue weighted by atomic mass is 19.1. The lowest BCUT2D eigenvalue weighted by Crippen LogP contribution is -2.37. The largest absolute Gasteiger partial charge is 0.378 e. The Labute approximate surface area is 169 Å². The van der Waals surface area contributed by atoms with Gasteiger partial charge in [-0.25, -0.2) is 4.39 Å². The number of hydrogen-bond donors (Lipinski definition) is 2. The Hall–Kier alpha value is -3.35. The van der Waals surface area contributed by atoms with E-state index in [1.807, 2.05) is 49.3 Å². The van der Waals surface area contributed by atoms with Crippen LogP contribution in [0.1, 0.15) is 16.8 Å². The zero-order chi connectivity index (χ0) is 20.4. The van der Waals surface area contributed by atoms with Crippen molar-refractivity contribution in [2.45, 2.75) is 12.5 Å². The first-order chi connectivity index (χ1) is 14.0. The van der Waals surface area contributed by atoms with Gasteiger partial charge in [-0.3, -0.25) is 9.89 Å². The predicted octanol–water partition coefficient (Wildman–Crippen LogP) is 3.29. The lowest BCUT2D eigenvalue weighted by molar-refractivity contribution is 0.0940. The molecule has 4 rings (SSSR count). The summed E-state index contributed by atoms with van der Waals surface area (Å²) in [4.78, 5) is 16.8. The fourth-order valence-corrected chi connectivity index (χ4v) is 3.53. The molecule has 150 valence electrons. The number of anilines is 2. The van der Waals surface area contributed by atoms with Gasteiger partial charge >= 0.3 is 0 Å². The summed E-state index contributed by atoms with van der Waals surface area (Å²) in [7, 11) is 3.91. The van der Waals surface area contributed by atoms with Crippen LogP contribution in [-0.2, 0) is 0 Å². The van der Waals surface area contributed by atoms with Crippen LogP contribution in [-0.4, -0.2) is 49.3 Å². The van der Waals surface area contributed by atoms with Gasteiger partial charge < -0.3 is 15.1 Å². The number of nitrogens with one attached hydrogen (secondary N) is 2. The molecular formula is C22H24FN5O. The minimum absolute atomic E-state index is 0.0606. The summed E-state index contributed by atoms with van der Waals surface area (Å²) in [6.45, 7) is 1.52. The predicted molar refractivity (Wildman–Crippen MR) is 113 cm³/mol. The van der Waals surface area contributed by atoms with Crippen molar-refractivity contribution in [3.63, 3.8) is 0 Å². The maximum absolute atomic E-state index is 13.1. The Morgan fingerprint density at radius 2 is 2.00 bits per heavy atom. The molecular weight excluding hydrogens is 369 g/mol. The second-order valence-electron chi connectivity index (χ2n) is 7.50. The van der Waals surface area contributed by atoms with Crippen molar-refractivity contribution in [2.24, 2.45) is 0 Å². The summed E-state index contributed by atoms with van der Waals surface area (Å²) in [5, 5.41) is 10.5. The highest BCUT2D eigenvalue weighted by molar-refractivity contribution is 5.95. The van der Waals surface area contributed by atoms with Crippen LogP contribution in [0.4, 0.5) is 15.9 Å². The van der Waals surface area contributed by atoms with Crippen LogP contribution in [0.3, 0.4) is 0 Å². The summed E-state index contributed by atoms with van der Waals surface area (Å²) in [6.07, 6.45) is 0.859. The van der Waals surface area contributed by atoms with Crippen molar-refractivity contribution < 1.29 is 9.18 Å². The summed E-state index contributed by atoms with van der Waals surface area (Å²) in [6, 6.07) is 15.9. The van der Waals surface area contributed by atoms with Crippen LogP contribution in [0.2, 0.25) is 0 Å². The van der Waals surface area contributed by atoms with Crippen LogP contribution in [0.5, 0.6) is 0 Å². The first kappa shape index (κ1) is 19.0. The second-order valence-corrected chi connectivity index (χ2v) is 7.50. The smallest absolute Gasteiger partial charge is 0.251 e. The Balaban J connectivity index is 1.39. The molecule has 0 aliphatic carbocycles.